The third kappa shape index (κ3) is 0.586. The Morgan fingerprint density at radius 3 is 1.38 bits per heavy atom. The minimum Gasteiger partial charge on any atom is -0.0528 e. The highest BCUT2D eigenvalue weighted by Gasteiger charge is 2.30. The Morgan fingerprint density at radius 1 is 0.625 bits per heavy atom. The van der Waals surface area contributed by atoms with Gasteiger partial charge < -0.3 is 0 Å². The molecular weight excluding hydrogens is 96.1 g/mol. The van der Waals surface area contributed by atoms with Crippen LogP contribution < -0.4 is 0 Å². The first-order valence-electron chi connectivity index (χ1n) is 3.97. The van der Waals surface area contributed by atoms with Crippen LogP contribution in [-0.4, -0.2) is 0 Å². The maximum absolute atomic E-state index is 1.56. The third-order valence-corrected chi connectivity index (χ3v) is 2.97. The highest BCUT2D eigenvalue weighted by Crippen LogP contribution is 2.43. The van der Waals surface area contributed by atoms with Crippen molar-refractivity contribution in [2.75, 3.05) is 0 Å². The van der Waals surface area contributed by atoms with Crippen LogP contribution in [0.3, 0.4) is 0 Å². The monoisotopic (exact) mass is 110 g/mol. The summed E-state index contributed by atoms with van der Waals surface area (Å²) in [6, 6.07) is 0. The fourth-order valence-electron chi connectivity index (χ4n) is 2.52. The minimum atomic E-state index is 1.18. The fourth-order valence-corrected chi connectivity index (χ4v) is 2.52. The Labute approximate surface area is 51.3 Å². The molecule has 0 aromatic carbocycles. The molecule has 2 fully saturated rings. The summed E-state index contributed by atoms with van der Waals surface area (Å²) in [6.45, 7) is 0. The molecule has 0 saturated heterocycles. The molecule has 0 radical (unpaired) electrons. The van der Waals surface area contributed by atoms with Crippen molar-refractivity contribution >= 4 is 0 Å². The SMILES string of the molecule is C1CC2CCCC2C1. The summed E-state index contributed by atoms with van der Waals surface area (Å²) in [5.74, 6) is 2.35. The summed E-state index contributed by atoms with van der Waals surface area (Å²) < 4.78 is 0. The summed E-state index contributed by atoms with van der Waals surface area (Å²) >= 11 is 0. The van der Waals surface area contributed by atoms with Gasteiger partial charge in [-0.05, 0) is 11.8 Å². The van der Waals surface area contributed by atoms with Crippen LogP contribution in [0.15, 0.2) is 0 Å². The second-order valence-corrected chi connectivity index (χ2v) is 3.38. The fraction of sp³-hybridized carbons (Fsp3) is 1.00. The van der Waals surface area contributed by atoms with Crippen LogP contribution in [0.1, 0.15) is 38.5 Å². The molecule has 0 amide bonds. The Morgan fingerprint density at radius 2 is 1.00 bits per heavy atom. The van der Waals surface area contributed by atoms with Crippen molar-refractivity contribution in [2.45, 2.75) is 38.5 Å². The van der Waals surface area contributed by atoms with Crippen LogP contribution in [0.25, 0.3) is 0 Å². The first kappa shape index (κ1) is 4.84. The van der Waals surface area contributed by atoms with E-state index in [1.807, 2.05) is 0 Å². The van der Waals surface area contributed by atoms with Gasteiger partial charge in [-0.3, -0.25) is 0 Å². The normalized spacial score (nSPS) is 45.0. The van der Waals surface area contributed by atoms with Gasteiger partial charge >= 0.3 is 0 Å². The number of rotatable bonds is 0. The van der Waals surface area contributed by atoms with E-state index in [2.05, 4.69) is 0 Å². The lowest BCUT2D eigenvalue weighted by molar-refractivity contribution is 0.457. The van der Waals surface area contributed by atoms with E-state index in [0.29, 0.717) is 0 Å². The molecule has 0 aromatic rings. The molecule has 0 heterocycles. The molecule has 0 aromatic heterocycles. The quantitative estimate of drug-likeness (QED) is 0.449. The predicted octanol–water partition coefficient (Wildman–Crippen LogP) is 2.59. The average Bonchev–Trinajstić information content (AvgIpc) is 2.15. The third-order valence-electron chi connectivity index (χ3n) is 2.97. The molecule has 0 unspecified atom stereocenters. The van der Waals surface area contributed by atoms with E-state index in [1.165, 1.54) is 24.7 Å². The van der Waals surface area contributed by atoms with Gasteiger partial charge in [0.1, 0.15) is 0 Å². The zero-order chi connectivity index (χ0) is 5.40. The van der Waals surface area contributed by atoms with Gasteiger partial charge in [0.05, 0.1) is 0 Å². The lowest BCUT2D eigenvalue weighted by Gasteiger charge is -2.04. The van der Waals surface area contributed by atoms with Gasteiger partial charge in [-0.2, -0.15) is 0 Å². The van der Waals surface area contributed by atoms with Gasteiger partial charge in [0.25, 0.3) is 0 Å². The zero-order valence-electron chi connectivity index (χ0n) is 5.40. The van der Waals surface area contributed by atoms with Gasteiger partial charge in [-0.1, -0.05) is 38.5 Å². The molecule has 0 N–H and O–H groups in total. The minimum absolute atomic E-state index is 1.18. The summed E-state index contributed by atoms with van der Waals surface area (Å²) in [7, 11) is 0. The average molecular weight is 110 g/mol. The molecule has 2 rings (SSSR count). The molecule has 8 heavy (non-hydrogen) atoms. The van der Waals surface area contributed by atoms with Crippen LogP contribution in [0.2, 0.25) is 0 Å². The van der Waals surface area contributed by atoms with Crippen molar-refractivity contribution in [3.05, 3.63) is 0 Å². The standard InChI is InChI=1S/C8H14/c1-3-7-5-2-6-8(7)4-1/h7-8H,1-6H2. The maximum Gasteiger partial charge on any atom is -0.0386 e. The molecule has 0 nitrogen and oxygen atoms in total. The van der Waals surface area contributed by atoms with E-state index in [4.69, 9.17) is 0 Å². The van der Waals surface area contributed by atoms with E-state index in [1.54, 1.807) is 25.7 Å². The zero-order valence-corrected chi connectivity index (χ0v) is 5.40. The molecule has 0 aliphatic heterocycles. The molecule has 0 bridgehead atoms. The van der Waals surface area contributed by atoms with Crippen molar-refractivity contribution in [3.63, 3.8) is 0 Å². The van der Waals surface area contributed by atoms with Crippen LogP contribution in [0.5, 0.6) is 0 Å². The summed E-state index contributed by atoms with van der Waals surface area (Å²) in [5.41, 5.74) is 0. The molecule has 2 aliphatic carbocycles. The maximum atomic E-state index is 1.56. The van der Waals surface area contributed by atoms with Gasteiger partial charge in [0.2, 0.25) is 0 Å². The van der Waals surface area contributed by atoms with Crippen LogP contribution in [-0.2, 0) is 0 Å². The first-order chi connectivity index (χ1) is 3.97. The Bertz CT molecular complexity index is 66.0. The van der Waals surface area contributed by atoms with Gasteiger partial charge in [-0.15, -0.1) is 0 Å². The Hall–Kier alpha value is 0. The van der Waals surface area contributed by atoms with Gasteiger partial charge in [-0.25, -0.2) is 0 Å². The van der Waals surface area contributed by atoms with Crippen molar-refractivity contribution in [1.82, 2.24) is 0 Å². The van der Waals surface area contributed by atoms with Crippen molar-refractivity contribution in [3.8, 4) is 0 Å². The Balaban J connectivity index is 2.04. The summed E-state index contributed by atoms with van der Waals surface area (Å²) in [4.78, 5) is 0. The second-order valence-electron chi connectivity index (χ2n) is 3.38. The highest BCUT2D eigenvalue weighted by atomic mass is 14.4. The van der Waals surface area contributed by atoms with E-state index in [-0.39, 0.29) is 0 Å². The van der Waals surface area contributed by atoms with Crippen molar-refractivity contribution in [1.29, 1.82) is 0 Å². The van der Waals surface area contributed by atoms with E-state index in [0.717, 1.165) is 0 Å². The molecule has 0 atom stereocenters. The van der Waals surface area contributed by atoms with Crippen molar-refractivity contribution in [2.24, 2.45) is 11.8 Å². The first-order valence-corrected chi connectivity index (χ1v) is 3.97. The molecular formula is C8H14. The van der Waals surface area contributed by atoms with E-state index >= 15 is 0 Å². The molecule has 2 saturated carbocycles. The molecule has 2 aliphatic rings. The summed E-state index contributed by atoms with van der Waals surface area (Å²) in [5, 5.41) is 0. The van der Waals surface area contributed by atoms with Crippen molar-refractivity contribution < 1.29 is 0 Å². The van der Waals surface area contributed by atoms with Gasteiger partial charge in [0, 0.05) is 0 Å². The largest absolute Gasteiger partial charge is 0.0528 e. The van der Waals surface area contributed by atoms with Crippen LogP contribution in [0, 0.1) is 11.8 Å². The molecule has 46 valence electrons. The topological polar surface area (TPSA) is 0 Å². The Kier molecular flexibility index (Phi) is 1.06. The summed E-state index contributed by atoms with van der Waals surface area (Å²) in [6.07, 6.45) is 9.31. The number of fused-ring (bicyclic) bond motifs is 1. The van der Waals surface area contributed by atoms with Crippen LogP contribution in [0.4, 0.5) is 0 Å². The number of hydrogen-bond acceptors (Lipinski definition) is 0. The van der Waals surface area contributed by atoms with Crippen LogP contribution >= 0.6 is 0 Å². The second kappa shape index (κ2) is 1.75. The number of hydrogen-bond donors (Lipinski definition) is 0. The lowest BCUT2D eigenvalue weighted by atomic mass is 10.0. The smallest absolute Gasteiger partial charge is 0.0386 e. The highest BCUT2D eigenvalue weighted by molar-refractivity contribution is 4.82. The molecule has 0 spiro atoms. The van der Waals surface area contributed by atoms with E-state index < -0.39 is 0 Å². The molecule has 0 heteroatoms. The van der Waals surface area contributed by atoms with Gasteiger partial charge in [0.15, 0.2) is 0 Å². The van der Waals surface area contributed by atoms with E-state index in [9.17, 15) is 0 Å². The predicted molar refractivity (Wildman–Crippen MR) is 34.7 cm³/mol. The lowest BCUT2D eigenvalue weighted by Crippen LogP contribution is -1.95.